The van der Waals surface area contributed by atoms with Crippen molar-refractivity contribution >= 4 is 5.96 Å². The molecule has 0 saturated heterocycles. The Morgan fingerprint density at radius 1 is 1.35 bits per heavy atom. The maximum atomic E-state index is 4.26. The second-order valence-corrected chi connectivity index (χ2v) is 4.81. The highest BCUT2D eigenvalue weighted by atomic mass is 15.2. The van der Waals surface area contributed by atoms with Crippen LogP contribution in [-0.2, 0) is 0 Å². The summed E-state index contributed by atoms with van der Waals surface area (Å²) >= 11 is 0. The summed E-state index contributed by atoms with van der Waals surface area (Å²) in [5, 5.41) is 6.84. The third kappa shape index (κ3) is 3.22. The fourth-order valence-electron chi connectivity index (χ4n) is 1.90. The highest BCUT2D eigenvalue weighted by Gasteiger charge is 2.33. The average Bonchev–Trinajstić information content (AvgIpc) is 3.05. The minimum Gasteiger partial charge on any atom is -0.353 e. The van der Waals surface area contributed by atoms with Gasteiger partial charge >= 0.3 is 0 Å². The molecule has 3 nitrogen and oxygen atoms in total. The molecule has 2 rings (SSSR count). The van der Waals surface area contributed by atoms with E-state index in [0.717, 1.165) is 11.9 Å². The molecule has 3 unspecified atom stereocenters. The minimum atomic E-state index is 0.274. The van der Waals surface area contributed by atoms with E-state index >= 15 is 0 Å². The van der Waals surface area contributed by atoms with Crippen LogP contribution in [0.1, 0.15) is 31.9 Å². The lowest BCUT2D eigenvalue weighted by Gasteiger charge is -2.18. The zero-order valence-corrected chi connectivity index (χ0v) is 10.8. The van der Waals surface area contributed by atoms with Gasteiger partial charge in [0.25, 0.3) is 0 Å². The van der Waals surface area contributed by atoms with E-state index in [0.29, 0.717) is 6.04 Å². The molecule has 1 aromatic carbocycles. The number of hydrogen-bond acceptors (Lipinski definition) is 1. The van der Waals surface area contributed by atoms with Gasteiger partial charge in [-0.25, -0.2) is 0 Å². The van der Waals surface area contributed by atoms with Crippen LogP contribution in [-0.4, -0.2) is 19.0 Å². The number of hydrogen-bond donors (Lipinski definition) is 2. The number of nitrogens with one attached hydrogen (secondary N) is 2. The molecule has 3 heteroatoms. The molecular formula is C14H21N3. The van der Waals surface area contributed by atoms with Crippen molar-refractivity contribution in [2.45, 2.75) is 32.4 Å². The molecule has 1 aromatic rings. The molecule has 1 fully saturated rings. The lowest BCUT2D eigenvalue weighted by molar-refractivity contribution is 0.676. The van der Waals surface area contributed by atoms with Crippen LogP contribution in [0, 0.1) is 5.92 Å². The van der Waals surface area contributed by atoms with Gasteiger partial charge in [0.2, 0.25) is 0 Å². The van der Waals surface area contributed by atoms with Gasteiger partial charge < -0.3 is 10.6 Å². The Morgan fingerprint density at radius 3 is 2.53 bits per heavy atom. The predicted octanol–water partition coefficient (Wildman–Crippen LogP) is 2.32. The number of guanidine groups is 1. The van der Waals surface area contributed by atoms with E-state index in [2.05, 4.69) is 53.7 Å². The van der Waals surface area contributed by atoms with Gasteiger partial charge in [-0.1, -0.05) is 37.3 Å². The highest BCUT2D eigenvalue weighted by Crippen LogP contribution is 2.28. The molecule has 1 aliphatic rings. The third-order valence-electron chi connectivity index (χ3n) is 3.31. The quantitative estimate of drug-likeness (QED) is 0.618. The van der Waals surface area contributed by atoms with Gasteiger partial charge in [-0.2, -0.15) is 0 Å². The van der Waals surface area contributed by atoms with E-state index in [-0.39, 0.29) is 6.04 Å². The zero-order valence-electron chi connectivity index (χ0n) is 10.8. The van der Waals surface area contributed by atoms with Crippen LogP contribution in [0.5, 0.6) is 0 Å². The molecule has 0 bridgehead atoms. The Kier molecular flexibility index (Phi) is 3.67. The molecule has 17 heavy (non-hydrogen) atoms. The summed E-state index contributed by atoms with van der Waals surface area (Å²) in [6.45, 7) is 4.41. The molecule has 0 amide bonds. The summed E-state index contributed by atoms with van der Waals surface area (Å²) in [6.07, 6.45) is 1.25. The van der Waals surface area contributed by atoms with Crippen LogP contribution < -0.4 is 10.6 Å². The lowest BCUT2D eigenvalue weighted by Crippen LogP contribution is -2.40. The predicted molar refractivity (Wildman–Crippen MR) is 72.1 cm³/mol. The van der Waals surface area contributed by atoms with Gasteiger partial charge in [-0.3, -0.25) is 4.99 Å². The summed E-state index contributed by atoms with van der Waals surface area (Å²) < 4.78 is 0. The summed E-state index contributed by atoms with van der Waals surface area (Å²) in [7, 11) is 1.82. The second-order valence-electron chi connectivity index (χ2n) is 4.81. The van der Waals surface area contributed by atoms with Gasteiger partial charge in [0.15, 0.2) is 5.96 Å². The fourth-order valence-corrected chi connectivity index (χ4v) is 1.90. The molecule has 0 spiro atoms. The Morgan fingerprint density at radius 2 is 2.00 bits per heavy atom. The zero-order chi connectivity index (χ0) is 12.3. The van der Waals surface area contributed by atoms with E-state index in [4.69, 9.17) is 0 Å². The largest absolute Gasteiger partial charge is 0.353 e. The minimum absolute atomic E-state index is 0.274. The van der Waals surface area contributed by atoms with E-state index in [9.17, 15) is 0 Å². The molecule has 1 aliphatic carbocycles. The third-order valence-corrected chi connectivity index (χ3v) is 3.31. The number of rotatable bonds is 3. The smallest absolute Gasteiger partial charge is 0.191 e. The van der Waals surface area contributed by atoms with Gasteiger partial charge in [0.05, 0.1) is 6.04 Å². The van der Waals surface area contributed by atoms with E-state index in [1.165, 1.54) is 12.0 Å². The standard InChI is InChI=1S/C14H21N3/c1-10-9-13(10)17-14(15-3)16-11(2)12-7-5-4-6-8-12/h4-8,10-11,13H,9H2,1-3H3,(H2,15,16,17). The van der Waals surface area contributed by atoms with Gasteiger partial charge in [-0.05, 0) is 24.8 Å². The Balaban J connectivity index is 1.90. The highest BCUT2D eigenvalue weighted by molar-refractivity contribution is 5.80. The van der Waals surface area contributed by atoms with E-state index in [1.54, 1.807) is 0 Å². The Labute approximate surface area is 103 Å². The first-order valence-corrected chi connectivity index (χ1v) is 6.25. The Hall–Kier alpha value is -1.51. The molecule has 3 atom stereocenters. The van der Waals surface area contributed by atoms with Gasteiger partial charge in [0.1, 0.15) is 0 Å². The van der Waals surface area contributed by atoms with Crippen LogP contribution in [0.3, 0.4) is 0 Å². The molecule has 0 radical (unpaired) electrons. The van der Waals surface area contributed by atoms with E-state index in [1.807, 2.05) is 13.1 Å². The maximum Gasteiger partial charge on any atom is 0.191 e. The van der Waals surface area contributed by atoms with Gasteiger partial charge in [-0.15, -0.1) is 0 Å². The molecule has 2 N–H and O–H groups in total. The summed E-state index contributed by atoms with van der Waals surface area (Å²) in [5.41, 5.74) is 1.28. The molecular weight excluding hydrogens is 210 g/mol. The summed E-state index contributed by atoms with van der Waals surface area (Å²) in [4.78, 5) is 4.26. The first-order chi connectivity index (χ1) is 8.20. The maximum absolute atomic E-state index is 4.26. The molecule has 92 valence electrons. The van der Waals surface area contributed by atoms with Crippen molar-refractivity contribution < 1.29 is 0 Å². The van der Waals surface area contributed by atoms with Crippen molar-refractivity contribution in [2.24, 2.45) is 10.9 Å². The number of nitrogens with zero attached hydrogens (tertiary/aromatic N) is 1. The summed E-state index contributed by atoms with van der Waals surface area (Å²) in [6, 6.07) is 11.3. The van der Waals surface area contributed by atoms with Crippen molar-refractivity contribution in [3.8, 4) is 0 Å². The van der Waals surface area contributed by atoms with E-state index < -0.39 is 0 Å². The average molecular weight is 231 g/mol. The molecule has 1 saturated carbocycles. The fraction of sp³-hybridized carbons (Fsp3) is 0.500. The normalized spacial score (nSPS) is 25.2. The summed E-state index contributed by atoms with van der Waals surface area (Å²) in [5.74, 6) is 1.68. The van der Waals surface area contributed by atoms with Crippen LogP contribution in [0.4, 0.5) is 0 Å². The van der Waals surface area contributed by atoms with Gasteiger partial charge in [0, 0.05) is 13.1 Å². The topological polar surface area (TPSA) is 36.4 Å². The number of aliphatic imine (C=N–C) groups is 1. The van der Waals surface area contributed by atoms with Crippen LogP contribution in [0.2, 0.25) is 0 Å². The van der Waals surface area contributed by atoms with Crippen LogP contribution in [0.25, 0.3) is 0 Å². The van der Waals surface area contributed by atoms with Crippen molar-refractivity contribution in [1.29, 1.82) is 0 Å². The van der Waals surface area contributed by atoms with Crippen molar-refractivity contribution in [2.75, 3.05) is 7.05 Å². The number of benzene rings is 1. The first-order valence-electron chi connectivity index (χ1n) is 6.25. The molecule has 0 aliphatic heterocycles. The molecule has 0 heterocycles. The lowest BCUT2D eigenvalue weighted by atomic mass is 10.1. The SMILES string of the molecule is CN=C(NC(C)c1ccccc1)NC1CC1C. The van der Waals surface area contributed by atoms with Crippen molar-refractivity contribution in [3.05, 3.63) is 35.9 Å². The van der Waals surface area contributed by atoms with Crippen LogP contribution >= 0.6 is 0 Å². The first kappa shape index (κ1) is 12.0. The van der Waals surface area contributed by atoms with Crippen molar-refractivity contribution in [3.63, 3.8) is 0 Å². The Bertz CT molecular complexity index is 386. The van der Waals surface area contributed by atoms with Crippen LogP contribution in [0.15, 0.2) is 35.3 Å². The van der Waals surface area contributed by atoms with Crippen molar-refractivity contribution in [1.82, 2.24) is 10.6 Å². The monoisotopic (exact) mass is 231 g/mol. The second kappa shape index (κ2) is 5.21. The molecule has 0 aromatic heterocycles.